The molecule has 0 aromatic carbocycles. The molecule has 8 heteroatoms. The van der Waals surface area contributed by atoms with Crippen molar-refractivity contribution >= 4 is 15.7 Å². The molecule has 7 nitrogen and oxygen atoms in total. The van der Waals surface area contributed by atoms with Gasteiger partial charge in [0.15, 0.2) is 11.4 Å². The number of nitrogens with zero attached hydrogens (tertiary/aromatic N) is 1. The Hall–Kier alpha value is -1.57. The van der Waals surface area contributed by atoms with E-state index in [0.717, 1.165) is 6.26 Å². The fourth-order valence-corrected chi connectivity index (χ4v) is 1.50. The van der Waals surface area contributed by atoms with Gasteiger partial charge in [0.1, 0.15) is 9.84 Å². The van der Waals surface area contributed by atoms with Crippen LogP contribution < -0.4 is 10.1 Å². The Labute approximate surface area is 93.1 Å². The molecule has 0 radical (unpaired) electrons. The molecule has 0 unspecified atom stereocenters. The van der Waals surface area contributed by atoms with Gasteiger partial charge in [-0.1, -0.05) is 0 Å². The summed E-state index contributed by atoms with van der Waals surface area (Å²) in [6.07, 6.45) is 2.47. The Balaban J connectivity index is 2.54. The minimum Gasteiger partial charge on any atom is -0.493 e. The second-order valence-corrected chi connectivity index (χ2v) is 5.46. The van der Waals surface area contributed by atoms with E-state index in [2.05, 4.69) is 15.5 Å². The zero-order chi connectivity index (χ0) is 12.2. The van der Waals surface area contributed by atoms with E-state index in [-0.39, 0.29) is 18.0 Å². The van der Waals surface area contributed by atoms with Crippen molar-refractivity contribution in [3.8, 4) is 5.75 Å². The topological polar surface area (TPSA) is 101 Å². The number of sulfone groups is 1. The summed E-state index contributed by atoms with van der Waals surface area (Å²) in [5, 5.41) is 8.56. The lowest BCUT2D eigenvalue weighted by Gasteiger charge is -2.03. The van der Waals surface area contributed by atoms with Crippen molar-refractivity contribution < 1.29 is 17.9 Å². The first kappa shape index (κ1) is 12.5. The molecule has 16 heavy (non-hydrogen) atoms. The number of amides is 1. The van der Waals surface area contributed by atoms with Crippen molar-refractivity contribution in [1.82, 2.24) is 15.5 Å². The van der Waals surface area contributed by atoms with E-state index >= 15 is 0 Å². The van der Waals surface area contributed by atoms with Crippen LogP contribution >= 0.6 is 0 Å². The number of rotatable bonds is 5. The van der Waals surface area contributed by atoms with Gasteiger partial charge >= 0.3 is 0 Å². The number of methoxy groups -OCH3 is 1. The van der Waals surface area contributed by atoms with E-state index in [0.29, 0.717) is 5.75 Å². The Morgan fingerprint density at radius 1 is 1.62 bits per heavy atom. The highest BCUT2D eigenvalue weighted by Gasteiger charge is 2.14. The van der Waals surface area contributed by atoms with Gasteiger partial charge in [-0.15, -0.1) is 0 Å². The average molecular weight is 247 g/mol. The Morgan fingerprint density at radius 3 is 2.88 bits per heavy atom. The maximum absolute atomic E-state index is 11.5. The minimum atomic E-state index is -3.08. The van der Waals surface area contributed by atoms with Crippen LogP contribution in [0.25, 0.3) is 0 Å². The largest absolute Gasteiger partial charge is 0.493 e. The van der Waals surface area contributed by atoms with E-state index < -0.39 is 15.7 Å². The van der Waals surface area contributed by atoms with E-state index in [1.807, 2.05) is 0 Å². The second-order valence-electron chi connectivity index (χ2n) is 3.20. The van der Waals surface area contributed by atoms with Crippen LogP contribution in [0.5, 0.6) is 5.75 Å². The van der Waals surface area contributed by atoms with E-state index in [9.17, 15) is 13.2 Å². The molecule has 0 bridgehead atoms. The predicted octanol–water partition coefficient (Wildman–Crippen LogP) is -0.807. The van der Waals surface area contributed by atoms with Crippen molar-refractivity contribution in [1.29, 1.82) is 0 Å². The molecule has 0 fully saturated rings. The number of H-pyrrole nitrogens is 1. The summed E-state index contributed by atoms with van der Waals surface area (Å²) in [6.45, 7) is 0.0554. The molecule has 0 aliphatic rings. The van der Waals surface area contributed by atoms with Crippen LogP contribution in [0.15, 0.2) is 6.20 Å². The molecule has 1 aromatic heterocycles. The van der Waals surface area contributed by atoms with Crippen molar-refractivity contribution in [2.75, 3.05) is 25.7 Å². The fourth-order valence-electron chi connectivity index (χ4n) is 1.03. The number of ether oxygens (including phenoxy) is 1. The number of aromatic amines is 1. The molecule has 0 aliphatic carbocycles. The summed E-state index contributed by atoms with van der Waals surface area (Å²) >= 11 is 0. The van der Waals surface area contributed by atoms with Crippen molar-refractivity contribution in [3.63, 3.8) is 0 Å². The van der Waals surface area contributed by atoms with Crippen LogP contribution in [0, 0.1) is 0 Å². The first-order valence-electron chi connectivity index (χ1n) is 4.47. The standard InChI is InChI=1S/C8H13N3O4S/c1-15-6-5-10-11-7(6)8(12)9-3-4-16(2,13)14/h5H,3-4H2,1-2H3,(H,9,12)(H,10,11). The molecule has 2 N–H and O–H groups in total. The van der Waals surface area contributed by atoms with Gasteiger partial charge in [-0.25, -0.2) is 8.42 Å². The molecular formula is C8H13N3O4S. The van der Waals surface area contributed by atoms with E-state index in [1.165, 1.54) is 13.3 Å². The van der Waals surface area contributed by atoms with Crippen LogP contribution in [0.1, 0.15) is 10.5 Å². The smallest absolute Gasteiger partial charge is 0.273 e. The Morgan fingerprint density at radius 2 is 2.31 bits per heavy atom. The Kier molecular flexibility index (Phi) is 3.88. The first-order valence-corrected chi connectivity index (χ1v) is 6.53. The van der Waals surface area contributed by atoms with Gasteiger partial charge in [-0.2, -0.15) is 5.10 Å². The monoisotopic (exact) mass is 247 g/mol. The number of nitrogens with one attached hydrogen (secondary N) is 2. The Bertz CT molecular complexity index is 465. The maximum atomic E-state index is 11.5. The highest BCUT2D eigenvalue weighted by atomic mass is 32.2. The summed E-state index contributed by atoms with van der Waals surface area (Å²) in [4.78, 5) is 11.5. The van der Waals surface area contributed by atoms with E-state index in [4.69, 9.17) is 4.74 Å². The van der Waals surface area contributed by atoms with Gasteiger partial charge in [0.2, 0.25) is 0 Å². The highest BCUT2D eigenvalue weighted by Crippen LogP contribution is 2.12. The van der Waals surface area contributed by atoms with Gasteiger partial charge in [-0.05, 0) is 0 Å². The molecule has 1 heterocycles. The number of carbonyl (C=O) groups is 1. The molecule has 1 aromatic rings. The highest BCUT2D eigenvalue weighted by molar-refractivity contribution is 7.90. The summed E-state index contributed by atoms with van der Waals surface area (Å²) in [6, 6.07) is 0. The summed E-state index contributed by atoms with van der Waals surface area (Å²) < 4.78 is 26.5. The molecule has 0 atom stereocenters. The first-order chi connectivity index (χ1) is 7.44. The lowest BCUT2D eigenvalue weighted by Crippen LogP contribution is -2.29. The van der Waals surface area contributed by atoms with Gasteiger partial charge in [0.25, 0.3) is 5.91 Å². The van der Waals surface area contributed by atoms with Crippen LogP contribution in [0.3, 0.4) is 0 Å². The molecule has 0 spiro atoms. The van der Waals surface area contributed by atoms with Crippen molar-refractivity contribution in [2.24, 2.45) is 0 Å². The number of carbonyl (C=O) groups excluding carboxylic acids is 1. The van der Waals surface area contributed by atoms with Crippen molar-refractivity contribution in [3.05, 3.63) is 11.9 Å². The molecule has 0 saturated heterocycles. The average Bonchev–Trinajstić information content (AvgIpc) is 2.63. The van der Waals surface area contributed by atoms with Crippen molar-refractivity contribution in [2.45, 2.75) is 0 Å². The van der Waals surface area contributed by atoms with Crippen LogP contribution in [-0.4, -0.2) is 50.2 Å². The second kappa shape index (κ2) is 4.97. The summed E-state index contributed by atoms with van der Waals surface area (Å²) in [5.41, 5.74) is 0.177. The van der Waals surface area contributed by atoms with Crippen LogP contribution in [-0.2, 0) is 9.84 Å². The summed E-state index contributed by atoms with van der Waals surface area (Å²) in [7, 11) is -1.66. The molecule has 1 amide bonds. The lowest BCUT2D eigenvalue weighted by atomic mass is 10.4. The normalized spacial score (nSPS) is 11.1. The number of hydrogen-bond donors (Lipinski definition) is 2. The van der Waals surface area contributed by atoms with Gasteiger partial charge in [0.05, 0.1) is 19.1 Å². The molecular weight excluding hydrogens is 234 g/mol. The summed E-state index contributed by atoms with van der Waals surface area (Å²) in [5.74, 6) is -0.232. The van der Waals surface area contributed by atoms with Crippen LogP contribution in [0.2, 0.25) is 0 Å². The van der Waals surface area contributed by atoms with E-state index in [1.54, 1.807) is 0 Å². The minimum absolute atomic E-state index is 0.0554. The predicted molar refractivity (Wildman–Crippen MR) is 57.2 cm³/mol. The molecule has 0 aliphatic heterocycles. The van der Waals surface area contributed by atoms with Gasteiger partial charge in [-0.3, -0.25) is 9.89 Å². The maximum Gasteiger partial charge on any atom is 0.273 e. The van der Waals surface area contributed by atoms with Gasteiger partial charge in [0, 0.05) is 12.8 Å². The molecule has 1 rings (SSSR count). The third-order valence-corrected chi connectivity index (χ3v) is 2.76. The third kappa shape index (κ3) is 3.54. The van der Waals surface area contributed by atoms with Gasteiger partial charge < -0.3 is 10.1 Å². The molecule has 90 valence electrons. The number of aromatic nitrogens is 2. The third-order valence-electron chi connectivity index (χ3n) is 1.81. The van der Waals surface area contributed by atoms with Crippen LogP contribution in [0.4, 0.5) is 0 Å². The fraction of sp³-hybridized carbons (Fsp3) is 0.500. The lowest BCUT2D eigenvalue weighted by molar-refractivity contribution is 0.0948. The zero-order valence-electron chi connectivity index (χ0n) is 8.98. The molecule has 0 saturated carbocycles. The quantitative estimate of drug-likeness (QED) is 0.708. The zero-order valence-corrected chi connectivity index (χ0v) is 9.80. The number of hydrogen-bond acceptors (Lipinski definition) is 5. The SMILES string of the molecule is COc1cn[nH]c1C(=O)NCCS(C)(=O)=O.